The summed E-state index contributed by atoms with van der Waals surface area (Å²) in [5, 5.41) is 8.86. The number of amides is 1. The van der Waals surface area contributed by atoms with Crippen molar-refractivity contribution in [3.63, 3.8) is 0 Å². The molecule has 0 saturated heterocycles. The summed E-state index contributed by atoms with van der Waals surface area (Å²) < 4.78 is 10.1. The van der Waals surface area contributed by atoms with Crippen LogP contribution in [0.15, 0.2) is 54.6 Å². The molecule has 6 heteroatoms. The van der Waals surface area contributed by atoms with E-state index < -0.39 is 18.5 Å². The van der Waals surface area contributed by atoms with Gasteiger partial charge in [0.1, 0.15) is 6.61 Å². The fourth-order valence-corrected chi connectivity index (χ4v) is 2.57. The van der Waals surface area contributed by atoms with Crippen LogP contribution in [0.1, 0.15) is 11.1 Å². The summed E-state index contributed by atoms with van der Waals surface area (Å²) >= 11 is 0. The number of nitrogens with zero attached hydrogens (tertiary/aromatic N) is 1. The van der Waals surface area contributed by atoms with E-state index in [2.05, 4.69) is 0 Å². The lowest BCUT2D eigenvalue weighted by molar-refractivity contribution is 0.0507. The standard InChI is InChI=1S/C17H15NO5/c19-16(22-11-12-6-2-1-3-7-12)18-14-9-5-4-8-13(14)10-15(18)23-17(20)21/h1-9,15H,10-11H2,(H,20,21)/t15-/m0/s1. The number of anilines is 1. The lowest BCUT2D eigenvalue weighted by Gasteiger charge is -2.23. The molecule has 1 N–H and O–H groups in total. The highest BCUT2D eigenvalue weighted by Crippen LogP contribution is 2.33. The van der Waals surface area contributed by atoms with Crippen molar-refractivity contribution >= 4 is 17.9 Å². The minimum absolute atomic E-state index is 0.109. The van der Waals surface area contributed by atoms with Gasteiger partial charge in [0.25, 0.3) is 0 Å². The zero-order chi connectivity index (χ0) is 16.2. The number of ether oxygens (including phenoxy) is 2. The molecule has 23 heavy (non-hydrogen) atoms. The molecule has 0 fully saturated rings. The molecule has 6 nitrogen and oxygen atoms in total. The monoisotopic (exact) mass is 313 g/mol. The first kappa shape index (κ1) is 14.9. The highest BCUT2D eigenvalue weighted by Gasteiger charge is 2.37. The minimum atomic E-state index is -1.43. The van der Waals surface area contributed by atoms with E-state index in [1.807, 2.05) is 42.5 Å². The van der Waals surface area contributed by atoms with Crippen LogP contribution in [0.3, 0.4) is 0 Å². The zero-order valence-corrected chi connectivity index (χ0v) is 12.2. The fraction of sp³-hybridized carbons (Fsp3) is 0.176. The van der Waals surface area contributed by atoms with E-state index in [0.717, 1.165) is 11.1 Å². The van der Waals surface area contributed by atoms with Crippen LogP contribution >= 0.6 is 0 Å². The molecule has 2 aromatic carbocycles. The van der Waals surface area contributed by atoms with E-state index in [1.165, 1.54) is 4.90 Å². The molecule has 2 aromatic rings. The van der Waals surface area contributed by atoms with Crippen LogP contribution in [0.4, 0.5) is 15.3 Å². The Bertz CT molecular complexity index is 716. The second-order valence-electron chi connectivity index (χ2n) is 5.08. The average molecular weight is 313 g/mol. The van der Waals surface area contributed by atoms with Gasteiger partial charge in [0.05, 0.1) is 5.69 Å². The Morgan fingerprint density at radius 2 is 1.78 bits per heavy atom. The van der Waals surface area contributed by atoms with Gasteiger partial charge in [-0.2, -0.15) is 0 Å². The highest BCUT2D eigenvalue weighted by atomic mass is 16.7. The van der Waals surface area contributed by atoms with E-state index in [9.17, 15) is 9.59 Å². The molecule has 1 amide bonds. The van der Waals surface area contributed by atoms with Gasteiger partial charge in [0.2, 0.25) is 0 Å². The molecular weight excluding hydrogens is 298 g/mol. The number of carbonyl (C=O) groups is 2. The van der Waals surface area contributed by atoms with Crippen molar-refractivity contribution in [3.05, 3.63) is 65.7 Å². The van der Waals surface area contributed by atoms with Gasteiger partial charge in [-0.05, 0) is 17.2 Å². The molecule has 0 unspecified atom stereocenters. The zero-order valence-electron chi connectivity index (χ0n) is 12.2. The van der Waals surface area contributed by atoms with E-state index in [-0.39, 0.29) is 6.61 Å². The van der Waals surface area contributed by atoms with Crippen LogP contribution in [0.5, 0.6) is 0 Å². The second kappa shape index (κ2) is 6.39. The normalized spacial score (nSPS) is 15.8. The summed E-state index contributed by atoms with van der Waals surface area (Å²) in [6.07, 6.45) is -2.66. The largest absolute Gasteiger partial charge is 0.507 e. The maximum Gasteiger partial charge on any atom is 0.507 e. The predicted octanol–water partition coefficient (Wildman–Crippen LogP) is 3.41. The minimum Gasteiger partial charge on any atom is -0.450 e. The van der Waals surface area contributed by atoms with Crippen LogP contribution < -0.4 is 4.90 Å². The van der Waals surface area contributed by atoms with Gasteiger partial charge in [0, 0.05) is 6.42 Å². The third kappa shape index (κ3) is 3.26. The number of rotatable bonds is 3. The van der Waals surface area contributed by atoms with Crippen LogP contribution in [0.2, 0.25) is 0 Å². The van der Waals surface area contributed by atoms with Gasteiger partial charge in [-0.3, -0.25) is 0 Å². The van der Waals surface area contributed by atoms with Gasteiger partial charge < -0.3 is 14.6 Å². The van der Waals surface area contributed by atoms with Crippen LogP contribution in [-0.4, -0.2) is 23.6 Å². The molecule has 0 aromatic heterocycles. The lowest BCUT2D eigenvalue weighted by Crippen LogP contribution is -2.40. The van der Waals surface area contributed by atoms with E-state index in [1.54, 1.807) is 12.1 Å². The molecule has 1 heterocycles. The number of benzene rings is 2. The molecule has 0 aliphatic carbocycles. The SMILES string of the molecule is O=C(O)O[C@H]1Cc2ccccc2N1C(=O)OCc1ccccc1. The van der Waals surface area contributed by atoms with Crippen molar-refractivity contribution in [2.24, 2.45) is 0 Å². The maximum absolute atomic E-state index is 12.4. The number of carbonyl (C=O) groups excluding carboxylic acids is 1. The summed E-state index contributed by atoms with van der Waals surface area (Å²) in [5.41, 5.74) is 2.30. The topological polar surface area (TPSA) is 76.1 Å². The molecule has 3 rings (SSSR count). The van der Waals surface area contributed by atoms with Crippen molar-refractivity contribution in [1.82, 2.24) is 0 Å². The summed E-state index contributed by atoms with van der Waals surface area (Å²) in [6, 6.07) is 16.4. The number of fused-ring (bicyclic) bond motifs is 1. The van der Waals surface area contributed by atoms with Crippen molar-refractivity contribution < 1.29 is 24.2 Å². The quantitative estimate of drug-likeness (QED) is 0.879. The molecular formula is C17H15NO5. The molecule has 0 saturated carbocycles. The Morgan fingerprint density at radius 1 is 1.09 bits per heavy atom. The molecule has 118 valence electrons. The number of hydrogen-bond donors (Lipinski definition) is 1. The van der Waals surface area contributed by atoms with E-state index >= 15 is 0 Å². The van der Waals surface area contributed by atoms with Crippen LogP contribution in [0, 0.1) is 0 Å². The van der Waals surface area contributed by atoms with Crippen LogP contribution in [-0.2, 0) is 22.5 Å². The predicted molar refractivity (Wildman–Crippen MR) is 82.1 cm³/mol. The first-order chi connectivity index (χ1) is 11.1. The van der Waals surface area contributed by atoms with E-state index in [0.29, 0.717) is 12.1 Å². The van der Waals surface area contributed by atoms with E-state index in [4.69, 9.17) is 14.6 Å². The Labute approximate surface area is 132 Å². The molecule has 0 radical (unpaired) electrons. The Balaban J connectivity index is 1.76. The maximum atomic E-state index is 12.4. The fourth-order valence-electron chi connectivity index (χ4n) is 2.57. The highest BCUT2D eigenvalue weighted by molar-refractivity contribution is 5.91. The summed E-state index contributed by atoms with van der Waals surface area (Å²) in [4.78, 5) is 24.5. The van der Waals surface area contributed by atoms with Gasteiger partial charge >= 0.3 is 12.2 Å². The number of para-hydroxylation sites is 1. The Morgan fingerprint density at radius 3 is 2.52 bits per heavy atom. The summed E-state index contributed by atoms with van der Waals surface area (Å²) in [6.45, 7) is 0.109. The van der Waals surface area contributed by atoms with Crippen LogP contribution in [0.25, 0.3) is 0 Å². The molecule has 1 atom stereocenters. The smallest absolute Gasteiger partial charge is 0.450 e. The number of carboxylic acid groups (broad SMARTS) is 1. The van der Waals surface area contributed by atoms with Gasteiger partial charge in [-0.15, -0.1) is 0 Å². The molecule has 1 aliphatic heterocycles. The third-order valence-electron chi connectivity index (χ3n) is 3.57. The molecule has 0 spiro atoms. The third-order valence-corrected chi connectivity index (χ3v) is 3.57. The average Bonchev–Trinajstić information content (AvgIpc) is 2.90. The van der Waals surface area contributed by atoms with Crippen molar-refractivity contribution in [3.8, 4) is 0 Å². The van der Waals surface area contributed by atoms with Crippen molar-refractivity contribution in [1.29, 1.82) is 0 Å². The van der Waals surface area contributed by atoms with Gasteiger partial charge in [0.15, 0.2) is 6.23 Å². The molecule has 1 aliphatic rings. The molecule has 0 bridgehead atoms. The summed E-state index contributed by atoms with van der Waals surface area (Å²) in [5.74, 6) is 0. The summed E-state index contributed by atoms with van der Waals surface area (Å²) in [7, 11) is 0. The number of hydrogen-bond acceptors (Lipinski definition) is 4. The first-order valence-electron chi connectivity index (χ1n) is 7.12. The van der Waals surface area contributed by atoms with Gasteiger partial charge in [-0.25, -0.2) is 14.5 Å². The lowest BCUT2D eigenvalue weighted by atomic mass is 10.2. The van der Waals surface area contributed by atoms with Crippen molar-refractivity contribution in [2.45, 2.75) is 19.3 Å². The first-order valence-corrected chi connectivity index (χ1v) is 7.12. The van der Waals surface area contributed by atoms with Crippen molar-refractivity contribution in [2.75, 3.05) is 4.90 Å². The van der Waals surface area contributed by atoms with Gasteiger partial charge in [-0.1, -0.05) is 48.5 Å². The Kier molecular flexibility index (Phi) is 4.14. The Hall–Kier alpha value is -3.02. The second-order valence-corrected chi connectivity index (χ2v) is 5.08.